The van der Waals surface area contributed by atoms with E-state index in [9.17, 15) is 0 Å². The van der Waals surface area contributed by atoms with Crippen LogP contribution in [0.5, 0.6) is 0 Å². The maximum Gasteiger partial charge on any atom is 0.223 e. The van der Waals surface area contributed by atoms with Crippen LogP contribution in [0.3, 0.4) is 0 Å². The van der Waals surface area contributed by atoms with E-state index in [1.54, 1.807) is 17.5 Å². The molecule has 0 spiro atoms. The number of benzene rings is 1. The zero-order valence-electron chi connectivity index (χ0n) is 15.3. The number of nitrogens with zero attached hydrogens (tertiary/aromatic N) is 2. The largest absolute Gasteiger partial charge is 0.371 e. The van der Waals surface area contributed by atoms with Crippen molar-refractivity contribution in [1.82, 2.24) is 15.3 Å². The van der Waals surface area contributed by atoms with Crippen LogP contribution in [0, 0.1) is 0 Å². The van der Waals surface area contributed by atoms with Gasteiger partial charge < -0.3 is 20.1 Å². The molecule has 2 fully saturated rings. The molecule has 0 aliphatic carbocycles. The third-order valence-corrected chi connectivity index (χ3v) is 6.10. The van der Waals surface area contributed by atoms with E-state index in [1.807, 2.05) is 18.2 Å². The van der Waals surface area contributed by atoms with Gasteiger partial charge in [-0.1, -0.05) is 36.4 Å². The Hall–Kier alpha value is -2.32. The van der Waals surface area contributed by atoms with Crippen LogP contribution in [-0.2, 0) is 16.0 Å². The standard InChI is InChI=1S/C21H22N4O2S/c1-2-5-14(6-3-1)11-23-16-12-26-20-17(13-27-19(16)20)25-21-22-9-8-15(24-21)18-7-4-10-28-18/h1-10,16-17,19-20,23H,11-13H2,(H,22,24,25)/t16-,17+,19-,20+/m1/s1. The van der Waals surface area contributed by atoms with Crippen molar-refractivity contribution in [3.63, 3.8) is 0 Å². The second-order valence-corrected chi connectivity index (χ2v) is 8.01. The van der Waals surface area contributed by atoms with Gasteiger partial charge in [0.1, 0.15) is 12.2 Å². The molecule has 0 saturated carbocycles. The minimum absolute atomic E-state index is 0.00210. The van der Waals surface area contributed by atoms with Gasteiger partial charge in [0.15, 0.2) is 0 Å². The maximum atomic E-state index is 6.06. The Bertz CT molecular complexity index is 906. The molecule has 2 N–H and O–H groups in total. The Morgan fingerprint density at radius 2 is 1.79 bits per heavy atom. The lowest BCUT2D eigenvalue weighted by molar-refractivity contribution is 0.0675. The van der Waals surface area contributed by atoms with Crippen molar-refractivity contribution in [2.75, 3.05) is 18.5 Å². The van der Waals surface area contributed by atoms with Gasteiger partial charge in [-0.15, -0.1) is 11.3 Å². The van der Waals surface area contributed by atoms with Crippen molar-refractivity contribution < 1.29 is 9.47 Å². The minimum Gasteiger partial charge on any atom is -0.371 e. The van der Waals surface area contributed by atoms with Crippen molar-refractivity contribution >= 4 is 17.3 Å². The molecule has 6 nitrogen and oxygen atoms in total. The van der Waals surface area contributed by atoms with E-state index in [0.717, 1.165) is 17.1 Å². The van der Waals surface area contributed by atoms with Crippen LogP contribution >= 0.6 is 11.3 Å². The highest BCUT2D eigenvalue weighted by Crippen LogP contribution is 2.29. The summed E-state index contributed by atoms with van der Waals surface area (Å²) in [5.74, 6) is 0.615. The Balaban J connectivity index is 1.21. The van der Waals surface area contributed by atoms with Crippen LogP contribution in [0.25, 0.3) is 10.6 Å². The Morgan fingerprint density at radius 3 is 2.61 bits per heavy atom. The fraction of sp³-hybridized carbons (Fsp3) is 0.333. The van der Waals surface area contributed by atoms with E-state index in [4.69, 9.17) is 9.47 Å². The number of rotatable bonds is 6. The van der Waals surface area contributed by atoms with E-state index in [2.05, 4.69) is 56.3 Å². The summed E-state index contributed by atoms with van der Waals surface area (Å²) in [6, 6.07) is 16.7. The molecule has 2 aromatic heterocycles. The lowest BCUT2D eigenvalue weighted by atomic mass is 10.1. The molecule has 28 heavy (non-hydrogen) atoms. The molecule has 0 unspecified atom stereocenters. The number of hydrogen-bond donors (Lipinski definition) is 2. The first-order chi connectivity index (χ1) is 13.9. The maximum absolute atomic E-state index is 6.06. The van der Waals surface area contributed by atoms with Crippen molar-refractivity contribution in [2.24, 2.45) is 0 Å². The second-order valence-electron chi connectivity index (χ2n) is 7.06. The first-order valence-electron chi connectivity index (χ1n) is 9.51. The molecule has 0 amide bonds. The summed E-state index contributed by atoms with van der Waals surface area (Å²) in [5, 5.41) is 9.04. The van der Waals surface area contributed by atoms with Gasteiger partial charge in [0.2, 0.25) is 5.95 Å². The van der Waals surface area contributed by atoms with Gasteiger partial charge in [0.05, 0.1) is 35.9 Å². The molecule has 4 heterocycles. The predicted octanol–water partition coefficient (Wildman–Crippen LogP) is 2.94. The lowest BCUT2D eigenvalue weighted by Gasteiger charge is -2.18. The van der Waals surface area contributed by atoms with Gasteiger partial charge in [-0.05, 0) is 23.1 Å². The number of ether oxygens (including phenoxy) is 2. The molecule has 5 rings (SSSR count). The van der Waals surface area contributed by atoms with Gasteiger partial charge in [-0.2, -0.15) is 0 Å². The molecule has 2 saturated heterocycles. The summed E-state index contributed by atoms with van der Waals surface area (Å²) >= 11 is 1.67. The summed E-state index contributed by atoms with van der Waals surface area (Å²) in [6.45, 7) is 2.05. The smallest absolute Gasteiger partial charge is 0.223 e. The summed E-state index contributed by atoms with van der Waals surface area (Å²) in [4.78, 5) is 10.2. The quantitative estimate of drug-likeness (QED) is 0.670. The number of thiophene rings is 1. The highest BCUT2D eigenvalue weighted by molar-refractivity contribution is 7.13. The number of aromatic nitrogens is 2. The van der Waals surface area contributed by atoms with Crippen LogP contribution in [0.2, 0.25) is 0 Å². The van der Waals surface area contributed by atoms with Crippen LogP contribution in [0.4, 0.5) is 5.95 Å². The summed E-state index contributed by atoms with van der Waals surface area (Å²) in [7, 11) is 0. The van der Waals surface area contributed by atoms with Gasteiger partial charge in [0.25, 0.3) is 0 Å². The Kier molecular flexibility index (Phi) is 5.05. The summed E-state index contributed by atoms with van der Waals surface area (Å²) in [6.07, 6.45) is 1.83. The zero-order valence-corrected chi connectivity index (χ0v) is 16.1. The van der Waals surface area contributed by atoms with Crippen LogP contribution < -0.4 is 10.6 Å². The third kappa shape index (κ3) is 3.66. The van der Waals surface area contributed by atoms with E-state index in [0.29, 0.717) is 19.2 Å². The normalized spacial score (nSPS) is 26.3. The van der Waals surface area contributed by atoms with Gasteiger partial charge in [0, 0.05) is 12.7 Å². The highest BCUT2D eigenvalue weighted by atomic mass is 32.1. The number of nitrogens with one attached hydrogen (secondary N) is 2. The van der Waals surface area contributed by atoms with E-state index in [-0.39, 0.29) is 24.3 Å². The van der Waals surface area contributed by atoms with Crippen molar-refractivity contribution in [3.05, 3.63) is 65.7 Å². The minimum atomic E-state index is 0.00210. The van der Waals surface area contributed by atoms with Gasteiger partial charge >= 0.3 is 0 Å². The molecular formula is C21H22N4O2S. The third-order valence-electron chi connectivity index (χ3n) is 5.21. The average molecular weight is 395 g/mol. The molecule has 0 radical (unpaired) electrons. The molecule has 7 heteroatoms. The fourth-order valence-electron chi connectivity index (χ4n) is 3.80. The molecule has 3 aromatic rings. The Morgan fingerprint density at radius 1 is 0.964 bits per heavy atom. The van der Waals surface area contributed by atoms with Gasteiger partial charge in [-0.25, -0.2) is 9.97 Å². The van der Waals surface area contributed by atoms with Crippen molar-refractivity contribution in [3.8, 4) is 10.6 Å². The van der Waals surface area contributed by atoms with E-state index in [1.165, 1.54) is 5.56 Å². The van der Waals surface area contributed by atoms with Gasteiger partial charge in [-0.3, -0.25) is 0 Å². The average Bonchev–Trinajstić information content (AvgIpc) is 3.47. The van der Waals surface area contributed by atoms with E-state index < -0.39 is 0 Å². The number of anilines is 1. The number of hydrogen-bond acceptors (Lipinski definition) is 7. The zero-order chi connectivity index (χ0) is 18.8. The molecule has 0 bridgehead atoms. The topological polar surface area (TPSA) is 68.3 Å². The molecule has 1 aromatic carbocycles. The molecule has 2 aliphatic rings. The van der Waals surface area contributed by atoms with Crippen LogP contribution in [0.1, 0.15) is 5.56 Å². The SMILES string of the molecule is c1ccc(CN[C@@H]2CO[C@@H]3[C@@H]2OC[C@@H]3Nc2nccc(-c3cccs3)n2)cc1. The molecule has 2 aliphatic heterocycles. The predicted molar refractivity (Wildman–Crippen MR) is 109 cm³/mol. The molecule has 144 valence electrons. The Labute approximate surface area is 167 Å². The fourth-order valence-corrected chi connectivity index (χ4v) is 4.49. The highest BCUT2D eigenvalue weighted by Gasteiger charge is 2.47. The lowest BCUT2D eigenvalue weighted by Crippen LogP contribution is -2.41. The van der Waals surface area contributed by atoms with Crippen molar-refractivity contribution in [2.45, 2.75) is 30.8 Å². The van der Waals surface area contributed by atoms with E-state index >= 15 is 0 Å². The van der Waals surface area contributed by atoms with Crippen LogP contribution in [-0.4, -0.2) is 47.5 Å². The second kappa shape index (κ2) is 7.97. The summed E-state index contributed by atoms with van der Waals surface area (Å²) in [5.41, 5.74) is 2.19. The number of fused-ring (bicyclic) bond motifs is 1. The van der Waals surface area contributed by atoms with Crippen LogP contribution in [0.15, 0.2) is 60.1 Å². The molecular weight excluding hydrogens is 372 g/mol. The summed E-state index contributed by atoms with van der Waals surface area (Å²) < 4.78 is 12.1. The molecule has 4 atom stereocenters. The monoisotopic (exact) mass is 394 g/mol. The van der Waals surface area contributed by atoms with Crippen molar-refractivity contribution in [1.29, 1.82) is 0 Å². The first-order valence-corrected chi connectivity index (χ1v) is 10.4. The first kappa shape index (κ1) is 17.8.